The molecular weight excluding hydrogens is 383 g/mol. The van der Waals surface area contributed by atoms with E-state index in [0.29, 0.717) is 16.0 Å². The number of carbonyl (C=O) groups is 1. The third-order valence-corrected chi connectivity index (χ3v) is 7.85. The van der Waals surface area contributed by atoms with Gasteiger partial charge in [0, 0.05) is 25.1 Å². The first-order valence-corrected chi connectivity index (χ1v) is 10.7. The van der Waals surface area contributed by atoms with E-state index in [9.17, 15) is 4.79 Å². The number of piperidine rings is 1. The summed E-state index contributed by atoms with van der Waals surface area (Å²) in [6, 6.07) is 4.21. The van der Waals surface area contributed by atoms with Crippen molar-refractivity contribution in [2.24, 2.45) is 5.92 Å². The number of fused-ring (bicyclic) bond motifs is 3. The number of nitrogens with zero attached hydrogens (tertiary/aromatic N) is 1. The third-order valence-electron chi connectivity index (χ3n) is 7.04. The molecule has 1 amide bonds. The normalized spacial score (nSPS) is 32.9. The summed E-state index contributed by atoms with van der Waals surface area (Å²) in [5.41, 5.74) is 2.11. The standard InChI is InChI=1S/C21H28Cl2N2O2/c1-12-10-21(14-6-4-5-7-14)18(13(2)25(12)17(26)11-27-3)15-8-9-16(22)19(23)20(15)24-21/h8-9,12-14,18,24H,4-7,10-11H2,1-3H3/t12-,13-,18?,21?/m0/s1. The first kappa shape index (κ1) is 19.4. The minimum atomic E-state index is -0.0597. The Morgan fingerprint density at radius 1 is 1.30 bits per heavy atom. The first-order chi connectivity index (χ1) is 12.9. The van der Waals surface area contributed by atoms with E-state index in [1.807, 2.05) is 11.0 Å². The Morgan fingerprint density at radius 2 is 2.00 bits per heavy atom. The maximum Gasteiger partial charge on any atom is 0.249 e. The van der Waals surface area contributed by atoms with Crippen molar-refractivity contribution >= 4 is 34.8 Å². The van der Waals surface area contributed by atoms with Crippen LogP contribution in [-0.4, -0.2) is 42.1 Å². The van der Waals surface area contributed by atoms with E-state index in [4.69, 9.17) is 27.9 Å². The molecule has 1 aromatic carbocycles. The van der Waals surface area contributed by atoms with Gasteiger partial charge in [0.15, 0.2) is 0 Å². The Hall–Kier alpha value is -0.970. The molecule has 1 aromatic rings. The second-order valence-electron chi connectivity index (χ2n) is 8.48. The molecule has 1 aliphatic carbocycles. The highest BCUT2D eigenvalue weighted by Crippen LogP contribution is 2.59. The van der Waals surface area contributed by atoms with Crippen molar-refractivity contribution in [2.45, 2.75) is 69.5 Å². The molecule has 1 saturated carbocycles. The Kier molecular flexibility index (Phi) is 5.11. The molecule has 1 saturated heterocycles. The molecule has 0 bridgehead atoms. The van der Waals surface area contributed by atoms with Gasteiger partial charge < -0.3 is 15.0 Å². The molecule has 3 aliphatic rings. The Balaban J connectivity index is 1.82. The molecule has 2 unspecified atom stereocenters. The number of halogens is 2. The van der Waals surface area contributed by atoms with Crippen molar-refractivity contribution in [3.63, 3.8) is 0 Å². The van der Waals surface area contributed by atoms with Gasteiger partial charge >= 0.3 is 0 Å². The van der Waals surface area contributed by atoms with E-state index < -0.39 is 0 Å². The smallest absolute Gasteiger partial charge is 0.249 e. The van der Waals surface area contributed by atoms with E-state index >= 15 is 0 Å². The second-order valence-corrected chi connectivity index (χ2v) is 9.26. The topological polar surface area (TPSA) is 41.6 Å². The van der Waals surface area contributed by atoms with Gasteiger partial charge in [-0.05, 0) is 50.7 Å². The summed E-state index contributed by atoms with van der Waals surface area (Å²) in [6.45, 7) is 4.46. The highest BCUT2D eigenvalue weighted by Gasteiger charge is 2.59. The van der Waals surface area contributed by atoms with Gasteiger partial charge in [0.05, 0.1) is 21.3 Å². The van der Waals surface area contributed by atoms with Crippen LogP contribution in [0.3, 0.4) is 0 Å². The predicted molar refractivity (Wildman–Crippen MR) is 110 cm³/mol. The van der Waals surface area contributed by atoms with Crippen molar-refractivity contribution in [3.8, 4) is 0 Å². The molecular formula is C21H28Cl2N2O2. The van der Waals surface area contributed by atoms with Crippen LogP contribution in [0.15, 0.2) is 12.1 Å². The second kappa shape index (κ2) is 7.13. The number of methoxy groups -OCH3 is 1. The number of carbonyl (C=O) groups excluding carboxylic acids is 1. The highest BCUT2D eigenvalue weighted by molar-refractivity contribution is 6.44. The SMILES string of the molecule is COCC(=O)N1[C@@H](C)CC2(C3CCCC3)Nc3c(ccc(Cl)c3Cl)C2[C@@H]1C. The number of nitrogens with one attached hydrogen (secondary N) is 1. The molecule has 6 heteroatoms. The largest absolute Gasteiger partial charge is 0.377 e. The van der Waals surface area contributed by atoms with Crippen LogP contribution in [0.4, 0.5) is 5.69 Å². The van der Waals surface area contributed by atoms with Gasteiger partial charge in [-0.3, -0.25) is 4.79 Å². The molecule has 0 spiro atoms. The van der Waals surface area contributed by atoms with Gasteiger partial charge in [-0.2, -0.15) is 0 Å². The van der Waals surface area contributed by atoms with Crippen molar-refractivity contribution in [2.75, 3.05) is 19.0 Å². The quantitative estimate of drug-likeness (QED) is 0.754. The molecule has 2 heterocycles. The number of anilines is 1. The number of rotatable bonds is 3. The lowest BCUT2D eigenvalue weighted by molar-refractivity contribution is -0.144. The minimum absolute atomic E-state index is 0.0597. The van der Waals surface area contributed by atoms with E-state index in [1.54, 1.807) is 7.11 Å². The minimum Gasteiger partial charge on any atom is -0.377 e. The Bertz CT molecular complexity index is 750. The molecule has 4 rings (SSSR count). The van der Waals surface area contributed by atoms with Crippen LogP contribution in [0.25, 0.3) is 0 Å². The van der Waals surface area contributed by atoms with Gasteiger partial charge in [0.25, 0.3) is 0 Å². The van der Waals surface area contributed by atoms with Crippen molar-refractivity contribution in [1.82, 2.24) is 4.90 Å². The summed E-state index contributed by atoms with van der Waals surface area (Å²) >= 11 is 12.9. The zero-order chi connectivity index (χ0) is 19.3. The first-order valence-electron chi connectivity index (χ1n) is 9.97. The van der Waals surface area contributed by atoms with Crippen LogP contribution >= 0.6 is 23.2 Å². The molecule has 148 valence electrons. The number of ether oxygens (including phenoxy) is 1. The van der Waals surface area contributed by atoms with Crippen LogP contribution in [0.1, 0.15) is 57.4 Å². The van der Waals surface area contributed by atoms with E-state index in [-0.39, 0.29) is 36.1 Å². The summed E-state index contributed by atoms with van der Waals surface area (Å²) in [6.07, 6.45) is 5.94. The molecule has 2 aliphatic heterocycles. The zero-order valence-electron chi connectivity index (χ0n) is 16.2. The lowest BCUT2D eigenvalue weighted by Crippen LogP contribution is -2.63. The Labute approximate surface area is 171 Å². The fourth-order valence-electron chi connectivity index (χ4n) is 6.19. The van der Waals surface area contributed by atoms with Gasteiger partial charge in [0.2, 0.25) is 5.91 Å². The van der Waals surface area contributed by atoms with E-state index in [0.717, 1.165) is 12.1 Å². The van der Waals surface area contributed by atoms with Crippen molar-refractivity contribution < 1.29 is 9.53 Å². The van der Waals surface area contributed by atoms with E-state index in [1.165, 1.54) is 31.2 Å². The molecule has 27 heavy (non-hydrogen) atoms. The third kappa shape index (κ3) is 2.87. The summed E-state index contributed by atoms with van der Waals surface area (Å²) in [5.74, 6) is 0.864. The average molecular weight is 411 g/mol. The number of hydrogen-bond acceptors (Lipinski definition) is 3. The molecule has 2 fully saturated rings. The molecule has 4 nitrogen and oxygen atoms in total. The van der Waals surface area contributed by atoms with Crippen molar-refractivity contribution in [1.29, 1.82) is 0 Å². The zero-order valence-corrected chi connectivity index (χ0v) is 17.7. The van der Waals surface area contributed by atoms with E-state index in [2.05, 4.69) is 25.2 Å². The summed E-state index contributed by atoms with van der Waals surface area (Å²) in [7, 11) is 1.58. The van der Waals surface area contributed by atoms with Crippen LogP contribution in [0.5, 0.6) is 0 Å². The maximum atomic E-state index is 12.8. The molecule has 4 atom stereocenters. The summed E-state index contributed by atoms with van der Waals surface area (Å²) in [4.78, 5) is 14.8. The predicted octanol–water partition coefficient (Wildman–Crippen LogP) is 5.09. The lowest BCUT2D eigenvalue weighted by Gasteiger charge is -2.54. The average Bonchev–Trinajstić information content (AvgIpc) is 3.25. The van der Waals surface area contributed by atoms with Gasteiger partial charge in [-0.1, -0.05) is 42.1 Å². The lowest BCUT2D eigenvalue weighted by atomic mass is 9.64. The van der Waals surface area contributed by atoms with Gasteiger partial charge in [-0.25, -0.2) is 0 Å². The molecule has 0 radical (unpaired) electrons. The van der Waals surface area contributed by atoms with Crippen LogP contribution < -0.4 is 5.32 Å². The van der Waals surface area contributed by atoms with Crippen molar-refractivity contribution in [3.05, 3.63) is 27.7 Å². The number of amides is 1. The van der Waals surface area contributed by atoms with Gasteiger partial charge in [-0.15, -0.1) is 0 Å². The number of benzene rings is 1. The van der Waals surface area contributed by atoms with Gasteiger partial charge in [0.1, 0.15) is 6.61 Å². The maximum absolute atomic E-state index is 12.8. The van der Waals surface area contributed by atoms with Crippen LogP contribution in [-0.2, 0) is 9.53 Å². The fourth-order valence-corrected chi connectivity index (χ4v) is 6.57. The number of hydrogen-bond donors (Lipinski definition) is 1. The molecule has 0 aromatic heterocycles. The Morgan fingerprint density at radius 3 is 2.67 bits per heavy atom. The number of likely N-dealkylation sites (tertiary alicyclic amines) is 1. The van der Waals surface area contributed by atoms with Crippen LogP contribution in [0.2, 0.25) is 10.0 Å². The summed E-state index contributed by atoms with van der Waals surface area (Å²) < 4.78 is 5.15. The monoisotopic (exact) mass is 410 g/mol. The highest BCUT2D eigenvalue weighted by atomic mass is 35.5. The fraction of sp³-hybridized carbons (Fsp3) is 0.667. The molecule has 1 N–H and O–H groups in total. The summed E-state index contributed by atoms with van der Waals surface area (Å²) in [5, 5.41) is 5.05. The van der Waals surface area contributed by atoms with Crippen LogP contribution in [0, 0.1) is 5.92 Å².